The van der Waals surface area contributed by atoms with Gasteiger partial charge in [0.2, 0.25) is 0 Å². The van der Waals surface area contributed by atoms with Crippen LogP contribution in [0, 0.1) is 13.8 Å². The number of hydrogen-bond acceptors (Lipinski definition) is 5. The predicted octanol–water partition coefficient (Wildman–Crippen LogP) is 3.26. The summed E-state index contributed by atoms with van der Waals surface area (Å²) >= 11 is 0. The molecule has 1 atom stereocenters. The number of aryl methyl sites for hydroxylation is 1. The van der Waals surface area contributed by atoms with Gasteiger partial charge in [-0.05, 0) is 62.2 Å². The fourth-order valence-electron chi connectivity index (χ4n) is 2.22. The van der Waals surface area contributed by atoms with E-state index >= 15 is 0 Å². The maximum atomic E-state index is 12.1. The molecule has 0 aliphatic rings. The van der Waals surface area contributed by atoms with Crippen LogP contribution in [0.5, 0.6) is 11.5 Å². The number of esters is 1. The fraction of sp³-hybridized carbons (Fsp3) is 0.300. The molecule has 1 amide bonds. The normalized spacial score (nSPS) is 11.4. The Morgan fingerprint density at radius 2 is 1.77 bits per heavy atom. The highest BCUT2D eigenvalue weighted by Crippen LogP contribution is 2.20. The van der Waals surface area contributed by atoms with Gasteiger partial charge in [-0.3, -0.25) is 4.79 Å². The number of methoxy groups -OCH3 is 1. The number of rotatable bonds is 7. The molecule has 0 fully saturated rings. The molecule has 26 heavy (non-hydrogen) atoms. The summed E-state index contributed by atoms with van der Waals surface area (Å²) in [5.74, 6) is 0.280. The average Bonchev–Trinajstić information content (AvgIpc) is 2.63. The van der Waals surface area contributed by atoms with Crippen LogP contribution < -0.4 is 14.8 Å². The van der Waals surface area contributed by atoms with Gasteiger partial charge in [0, 0.05) is 5.69 Å². The van der Waals surface area contributed by atoms with Crippen molar-refractivity contribution in [2.45, 2.75) is 26.9 Å². The van der Waals surface area contributed by atoms with Crippen molar-refractivity contribution in [2.24, 2.45) is 0 Å². The summed E-state index contributed by atoms with van der Waals surface area (Å²) in [6.45, 7) is 5.13. The number of anilines is 1. The second-order valence-electron chi connectivity index (χ2n) is 5.84. The minimum Gasteiger partial charge on any atom is -0.497 e. The Labute approximate surface area is 153 Å². The van der Waals surface area contributed by atoms with Crippen molar-refractivity contribution in [3.8, 4) is 11.5 Å². The summed E-state index contributed by atoms with van der Waals surface area (Å²) in [4.78, 5) is 24.0. The smallest absolute Gasteiger partial charge is 0.344 e. The zero-order chi connectivity index (χ0) is 19.1. The quantitative estimate of drug-likeness (QED) is 0.770. The van der Waals surface area contributed by atoms with Crippen LogP contribution in [0.3, 0.4) is 0 Å². The van der Waals surface area contributed by atoms with Gasteiger partial charge >= 0.3 is 5.97 Å². The zero-order valence-corrected chi connectivity index (χ0v) is 15.4. The Balaban J connectivity index is 1.83. The predicted molar refractivity (Wildman–Crippen MR) is 98.6 cm³/mol. The number of hydrogen-bond donors (Lipinski definition) is 1. The average molecular weight is 357 g/mol. The number of nitrogens with one attached hydrogen (secondary N) is 1. The number of carbonyl (C=O) groups is 2. The van der Waals surface area contributed by atoms with Crippen molar-refractivity contribution < 1.29 is 23.8 Å². The van der Waals surface area contributed by atoms with Gasteiger partial charge in [0.25, 0.3) is 5.91 Å². The van der Waals surface area contributed by atoms with E-state index in [1.165, 1.54) is 6.92 Å². The molecule has 0 radical (unpaired) electrons. The summed E-state index contributed by atoms with van der Waals surface area (Å²) < 4.78 is 15.7. The molecular formula is C20H23NO5. The third kappa shape index (κ3) is 5.24. The first-order valence-electron chi connectivity index (χ1n) is 8.24. The van der Waals surface area contributed by atoms with Crippen molar-refractivity contribution in [3.05, 3.63) is 53.6 Å². The second-order valence-corrected chi connectivity index (χ2v) is 5.84. The molecule has 2 aromatic carbocycles. The molecule has 0 heterocycles. The standard InChI is InChI=1S/C20H23NO5/c1-13-6-5-7-18(14(13)2)25-12-19(22)26-15(3)20(23)21-16-8-10-17(24-4)11-9-16/h5-11,15H,12H2,1-4H3,(H,21,23)/t15-/m1/s1. The summed E-state index contributed by atoms with van der Waals surface area (Å²) in [6, 6.07) is 12.5. The highest BCUT2D eigenvalue weighted by molar-refractivity contribution is 5.95. The molecule has 1 N–H and O–H groups in total. The minimum absolute atomic E-state index is 0.259. The first-order chi connectivity index (χ1) is 12.4. The molecular weight excluding hydrogens is 334 g/mol. The van der Waals surface area contributed by atoms with E-state index in [1.807, 2.05) is 26.0 Å². The summed E-state index contributed by atoms with van der Waals surface area (Å²) in [5.41, 5.74) is 2.62. The van der Waals surface area contributed by atoms with E-state index in [9.17, 15) is 9.59 Å². The molecule has 0 spiro atoms. The highest BCUT2D eigenvalue weighted by Gasteiger charge is 2.18. The van der Waals surface area contributed by atoms with Crippen LogP contribution in [0.2, 0.25) is 0 Å². The molecule has 138 valence electrons. The molecule has 0 aromatic heterocycles. The third-order valence-corrected chi connectivity index (χ3v) is 3.94. The Morgan fingerprint density at radius 1 is 1.08 bits per heavy atom. The van der Waals surface area contributed by atoms with Crippen LogP contribution in [-0.4, -0.2) is 31.7 Å². The Hall–Kier alpha value is -3.02. The lowest BCUT2D eigenvalue weighted by atomic mass is 10.1. The zero-order valence-electron chi connectivity index (χ0n) is 15.4. The van der Waals surface area contributed by atoms with Crippen LogP contribution in [0.1, 0.15) is 18.1 Å². The van der Waals surface area contributed by atoms with Gasteiger partial charge < -0.3 is 19.5 Å². The van der Waals surface area contributed by atoms with Gasteiger partial charge in [0.15, 0.2) is 12.7 Å². The van der Waals surface area contributed by atoms with Crippen molar-refractivity contribution in [1.29, 1.82) is 0 Å². The van der Waals surface area contributed by atoms with Crippen LogP contribution in [0.15, 0.2) is 42.5 Å². The molecule has 0 saturated heterocycles. The van der Waals surface area contributed by atoms with Gasteiger partial charge in [-0.15, -0.1) is 0 Å². The molecule has 0 bridgehead atoms. The number of amides is 1. The van der Waals surface area contributed by atoms with E-state index in [4.69, 9.17) is 14.2 Å². The summed E-state index contributed by atoms with van der Waals surface area (Å²) in [5, 5.41) is 2.68. The van der Waals surface area contributed by atoms with Crippen molar-refractivity contribution in [2.75, 3.05) is 19.0 Å². The Bertz CT molecular complexity index is 770. The van der Waals surface area contributed by atoms with Gasteiger partial charge in [-0.1, -0.05) is 12.1 Å². The first-order valence-corrected chi connectivity index (χ1v) is 8.24. The first kappa shape index (κ1) is 19.3. The maximum absolute atomic E-state index is 12.1. The van der Waals surface area contributed by atoms with E-state index in [-0.39, 0.29) is 6.61 Å². The van der Waals surface area contributed by atoms with Crippen LogP contribution in [-0.2, 0) is 14.3 Å². The van der Waals surface area contributed by atoms with Crippen molar-refractivity contribution in [1.82, 2.24) is 0 Å². The van der Waals surface area contributed by atoms with Gasteiger partial charge in [-0.25, -0.2) is 4.79 Å². The summed E-state index contributed by atoms with van der Waals surface area (Å²) in [7, 11) is 1.56. The van der Waals surface area contributed by atoms with Crippen LogP contribution in [0.25, 0.3) is 0 Å². The van der Waals surface area contributed by atoms with Crippen molar-refractivity contribution in [3.63, 3.8) is 0 Å². The Kier molecular flexibility index (Phi) is 6.60. The lowest BCUT2D eigenvalue weighted by Gasteiger charge is -2.15. The molecule has 0 saturated carbocycles. The fourth-order valence-corrected chi connectivity index (χ4v) is 2.22. The Morgan fingerprint density at radius 3 is 2.42 bits per heavy atom. The van der Waals surface area contributed by atoms with Crippen molar-refractivity contribution >= 4 is 17.6 Å². The van der Waals surface area contributed by atoms with Crippen LogP contribution >= 0.6 is 0 Å². The molecule has 0 aliphatic heterocycles. The van der Waals surface area contributed by atoms with Gasteiger partial charge in [0.1, 0.15) is 11.5 Å². The second kappa shape index (κ2) is 8.89. The van der Waals surface area contributed by atoms with E-state index in [1.54, 1.807) is 37.4 Å². The van der Waals surface area contributed by atoms with Gasteiger partial charge in [0.05, 0.1) is 7.11 Å². The highest BCUT2D eigenvalue weighted by atomic mass is 16.6. The monoisotopic (exact) mass is 357 g/mol. The van der Waals surface area contributed by atoms with E-state index < -0.39 is 18.0 Å². The molecule has 0 unspecified atom stereocenters. The van der Waals surface area contributed by atoms with E-state index in [2.05, 4.69) is 5.32 Å². The topological polar surface area (TPSA) is 73.9 Å². The molecule has 2 rings (SSSR count). The molecule has 2 aromatic rings. The SMILES string of the molecule is COc1ccc(NC(=O)[C@@H](C)OC(=O)COc2cccc(C)c2C)cc1. The van der Waals surface area contributed by atoms with Crippen LogP contribution in [0.4, 0.5) is 5.69 Å². The molecule has 0 aliphatic carbocycles. The largest absolute Gasteiger partial charge is 0.497 e. The molecule has 6 heteroatoms. The van der Waals surface area contributed by atoms with E-state index in [0.717, 1.165) is 11.1 Å². The minimum atomic E-state index is -0.938. The third-order valence-electron chi connectivity index (χ3n) is 3.94. The lowest BCUT2D eigenvalue weighted by molar-refractivity contribution is -0.155. The number of carbonyl (C=O) groups excluding carboxylic acids is 2. The lowest BCUT2D eigenvalue weighted by Crippen LogP contribution is -2.31. The number of benzene rings is 2. The summed E-state index contributed by atoms with van der Waals surface area (Å²) in [6.07, 6.45) is -0.938. The maximum Gasteiger partial charge on any atom is 0.344 e. The van der Waals surface area contributed by atoms with Gasteiger partial charge in [-0.2, -0.15) is 0 Å². The molecule has 6 nitrogen and oxygen atoms in total. The van der Waals surface area contributed by atoms with E-state index in [0.29, 0.717) is 17.2 Å². The number of ether oxygens (including phenoxy) is 3.